The first kappa shape index (κ1) is 21.5. The summed E-state index contributed by atoms with van der Waals surface area (Å²) in [5.41, 5.74) is 2.09. The van der Waals surface area contributed by atoms with E-state index in [0.29, 0.717) is 23.3 Å². The first-order valence-electron chi connectivity index (χ1n) is 10.5. The van der Waals surface area contributed by atoms with E-state index in [0.717, 1.165) is 33.7 Å². The summed E-state index contributed by atoms with van der Waals surface area (Å²) in [6.45, 7) is 3.07. The number of hydrazone groups is 1. The highest BCUT2D eigenvalue weighted by molar-refractivity contribution is 8.26. The second-order valence-corrected chi connectivity index (χ2v) is 8.94. The number of halogens is 1. The third-order valence-electron chi connectivity index (χ3n) is 5.33. The van der Waals surface area contributed by atoms with Gasteiger partial charge in [-0.2, -0.15) is 15.1 Å². The summed E-state index contributed by atoms with van der Waals surface area (Å²) in [5, 5.41) is 17.3. The quantitative estimate of drug-likeness (QED) is 0.481. The zero-order chi connectivity index (χ0) is 22.9. The van der Waals surface area contributed by atoms with E-state index in [4.69, 9.17) is 21.7 Å². The maximum atomic E-state index is 12.7. The first-order valence-corrected chi connectivity index (χ1v) is 11.7. The van der Waals surface area contributed by atoms with Gasteiger partial charge in [0.1, 0.15) is 17.4 Å². The Kier molecular flexibility index (Phi) is 5.78. The fourth-order valence-corrected chi connectivity index (χ4v) is 4.65. The molecule has 33 heavy (non-hydrogen) atoms. The number of carbonyl (C=O) groups excluding carboxylic acids is 1. The summed E-state index contributed by atoms with van der Waals surface area (Å²) in [7, 11) is 0. The number of ether oxygens (including phenoxy) is 1. The van der Waals surface area contributed by atoms with Gasteiger partial charge < -0.3 is 9.30 Å². The third-order valence-corrected chi connectivity index (χ3v) is 6.64. The number of aromatic nitrogens is 1. The lowest BCUT2D eigenvalue weighted by molar-refractivity contribution is -0.114. The molecule has 3 aromatic rings. The number of rotatable bonds is 6. The fraction of sp³-hybridized carbons (Fsp3) is 0.167. The Morgan fingerprint density at radius 3 is 2.76 bits per heavy atom. The van der Waals surface area contributed by atoms with Crippen LogP contribution in [0, 0.1) is 5.41 Å². The minimum atomic E-state index is -0.422. The van der Waals surface area contributed by atoms with Crippen molar-refractivity contribution in [3.05, 3.63) is 70.9 Å². The van der Waals surface area contributed by atoms with Gasteiger partial charge in [0.15, 0.2) is 5.84 Å². The summed E-state index contributed by atoms with van der Waals surface area (Å²) >= 11 is 7.27. The molecule has 0 atom stereocenters. The number of fused-ring (bicyclic) bond motifs is 2. The van der Waals surface area contributed by atoms with Gasteiger partial charge in [-0.05, 0) is 54.6 Å². The minimum Gasteiger partial charge on any atom is -0.492 e. The minimum absolute atomic E-state index is 0.0452. The van der Waals surface area contributed by atoms with Crippen molar-refractivity contribution in [1.82, 2.24) is 9.58 Å². The van der Waals surface area contributed by atoms with Gasteiger partial charge in [-0.15, -0.1) is 0 Å². The first-order chi connectivity index (χ1) is 16.0. The Labute approximate surface area is 199 Å². The van der Waals surface area contributed by atoms with Crippen LogP contribution in [0.15, 0.2) is 70.4 Å². The lowest BCUT2D eigenvalue weighted by atomic mass is 10.1. The molecule has 0 radical (unpaired) electrons. The Bertz CT molecular complexity index is 1360. The lowest BCUT2D eigenvalue weighted by Gasteiger charge is -2.20. The molecule has 1 amide bonds. The molecule has 2 aliphatic rings. The summed E-state index contributed by atoms with van der Waals surface area (Å²) < 4.78 is 7.94. The van der Waals surface area contributed by atoms with Gasteiger partial charge in [-0.3, -0.25) is 10.2 Å². The Morgan fingerprint density at radius 1 is 1.18 bits per heavy atom. The zero-order valence-electron chi connectivity index (χ0n) is 17.8. The van der Waals surface area contributed by atoms with Gasteiger partial charge in [-0.1, -0.05) is 36.7 Å². The monoisotopic (exact) mass is 477 g/mol. The van der Waals surface area contributed by atoms with Gasteiger partial charge >= 0.3 is 0 Å². The number of amides is 1. The van der Waals surface area contributed by atoms with Gasteiger partial charge in [0.25, 0.3) is 5.91 Å². The molecule has 0 saturated heterocycles. The van der Waals surface area contributed by atoms with E-state index in [9.17, 15) is 4.79 Å². The SMILES string of the molecule is CCC1=NN2C(=N)/C(=C\c3cn(CCOc4ccc(Cl)cc4)c4ccccc34)C(=O)N=C2S1. The number of para-hydroxylation sites is 1. The number of hydrogen-bond donors (Lipinski definition) is 1. The molecule has 0 fully saturated rings. The van der Waals surface area contributed by atoms with Crippen LogP contribution in [0.2, 0.25) is 5.02 Å². The molecule has 0 spiro atoms. The summed E-state index contributed by atoms with van der Waals surface area (Å²) in [4.78, 5) is 16.9. The second-order valence-electron chi connectivity index (χ2n) is 7.46. The molecule has 1 aromatic heterocycles. The topological polar surface area (TPSA) is 83.0 Å². The van der Waals surface area contributed by atoms with E-state index in [1.807, 2.05) is 49.5 Å². The summed E-state index contributed by atoms with van der Waals surface area (Å²) in [6.07, 6.45) is 4.43. The van der Waals surface area contributed by atoms with E-state index in [1.165, 1.54) is 16.8 Å². The van der Waals surface area contributed by atoms with Crippen LogP contribution in [0.3, 0.4) is 0 Å². The van der Waals surface area contributed by atoms with E-state index in [2.05, 4.69) is 14.7 Å². The standard InChI is InChI=1S/C24H20ClN5O2S/c1-2-21-28-30-22(26)19(23(31)27-24(30)33-21)13-15-14-29(20-6-4-3-5-18(15)20)11-12-32-17-9-7-16(25)8-10-17/h3-10,13-14,26H,2,11-12H2,1H3/b19-13+,26-22?. The smallest absolute Gasteiger partial charge is 0.283 e. The van der Waals surface area contributed by atoms with Crippen molar-refractivity contribution >= 4 is 62.3 Å². The number of hydrogen-bond acceptors (Lipinski definition) is 5. The number of aliphatic imine (C=N–C) groups is 1. The second kappa shape index (κ2) is 8.88. The highest BCUT2D eigenvalue weighted by Gasteiger charge is 2.35. The summed E-state index contributed by atoms with van der Waals surface area (Å²) in [6, 6.07) is 15.2. The molecule has 0 bridgehead atoms. The van der Waals surface area contributed by atoms with Gasteiger partial charge in [0, 0.05) is 27.7 Å². The molecular formula is C24H20ClN5O2S. The Hall–Kier alpha value is -3.36. The van der Waals surface area contributed by atoms with Crippen molar-refractivity contribution in [2.75, 3.05) is 6.61 Å². The van der Waals surface area contributed by atoms with Gasteiger partial charge in [0.05, 0.1) is 12.1 Å². The number of carbonyl (C=O) groups is 1. The molecule has 0 unspecified atom stereocenters. The highest BCUT2D eigenvalue weighted by Crippen LogP contribution is 2.31. The van der Waals surface area contributed by atoms with E-state index in [1.54, 1.807) is 18.2 Å². The molecule has 0 saturated carbocycles. The molecule has 2 aliphatic heterocycles. The molecule has 7 nitrogen and oxygen atoms in total. The number of nitrogens with zero attached hydrogens (tertiary/aromatic N) is 4. The number of benzene rings is 2. The van der Waals surface area contributed by atoms with Crippen molar-refractivity contribution in [2.24, 2.45) is 10.1 Å². The molecule has 2 aromatic carbocycles. The Morgan fingerprint density at radius 2 is 1.97 bits per heavy atom. The normalized spacial score (nSPS) is 16.9. The van der Waals surface area contributed by atoms with Crippen LogP contribution in [0.4, 0.5) is 0 Å². The van der Waals surface area contributed by atoms with Crippen molar-refractivity contribution in [2.45, 2.75) is 19.9 Å². The molecular weight excluding hydrogens is 458 g/mol. The van der Waals surface area contributed by atoms with Crippen molar-refractivity contribution in [3.63, 3.8) is 0 Å². The number of amidine groups is 2. The maximum absolute atomic E-state index is 12.7. The van der Waals surface area contributed by atoms with Crippen LogP contribution in [-0.2, 0) is 11.3 Å². The average molecular weight is 478 g/mol. The fourth-order valence-electron chi connectivity index (χ4n) is 3.70. The van der Waals surface area contributed by atoms with Crippen LogP contribution >= 0.6 is 23.4 Å². The van der Waals surface area contributed by atoms with Crippen LogP contribution < -0.4 is 4.74 Å². The zero-order valence-corrected chi connectivity index (χ0v) is 19.4. The van der Waals surface area contributed by atoms with Crippen molar-refractivity contribution in [1.29, 1.82) is 5.41 Å². The van der Waals surface area contributed by atoms with Crippen LogP contribution in [0.25, 0.3) is 17.0 Å². The van der Waals surface area contributed by atoms with Crippen molar-refractivity contribution < 1.29 is 9.53 Å². The van der Waals surface area contributed by atoms with Gasteiger partial charge in [0.2, 0.25) is 5.17 Å². The average Bonchev–Trinajstić information content (AvgIpc) is 3.39. The molecule has 0 aliphatic carbocycles. The number of nitrogens with one attached hydrogen (secondary N) is 1. The molecule has 166 valence electrons. The van der Waals surface area contributed by atoms with Crippen LogP contribution in [-0.4, -0.2) is 38.1 Å². The Balaban J connectivity index is 1.42. The summed E-state index contributed by atoms with van der Waals surface area (Å²) in [5.74, 6) is 0.377. The largest absolute Gasteiger partial charge is 0.492 e. The van der Waals surface area contributed by atoms with E-state index >= 15 is 0 Å². The van der Waals surface area contributed by atoms with E-state index in [-0.39, 0.29) is 11.4 Å². The van der Waals surface area contributed by atoms with E-state index < -0.39 is 5.91 Å². The van der Waals surface area contributed by atoms with Gasteiger partial charge in [-0.25, -0.2) is 0 Å². The predicted octanol–water partition coefficient (Wildman–Crippen LogP) is 5.40. The molecule has 5 rings (SSSR count). The predicted molar refractivity (Wildman–Crippen MR) is 134 cm³/mol. The third kappa shape index (κ3) is 4.19. The van der Waals surface area contributed by atoms with Crippen LogP contribution in [0.5, 0.6) is 5.75 Å². The lowest BCUT2D eigenvalue weighted by Crippen LogP contribution is -2.35. The van der Waals surface area contributed by atoms with Crippen LogP contribution in [0.1, 0.15) is 18.9 Å². The number of thioether (sulfide) groups is 1. The highest BCUT2D eigenvalue weighted by atomic mass is 35.5. The molecule has 9 heteroatoms. The van der Waals surface area contributed by atoms with Crippen molar-refractivity contribution in [3.8, 4) is 5.75 Å². The maximum Gasteiger partial charge on any atom is 0.283 e. The molecule has 1 N–H and O–H groups in total. The molecule has 3 heterocycles.